The molecule has 0 radical (unpaired) electrons. The quantitative estimate of drug-likeness (QED) is 0.858. The van der Waals surface area contributed by atoms with Crippen molar-refractivity contribution in [2.45, 2.75) is 23.8 Å². The minimum atomic E-state index is -4.03. The van der Waals surface area contributed by atoms with Gasteiger partial charge in [0, 0.05) is 13.2 Å². The van der Waals surface area contributed by atoms with Crippen molar-refractivity contribution in [1.82, 2.24) is 5.32 Å². The minimum Gasteiger partial charge on any atom is -0.376 e. The zero-order valence-electron chi connectivity index (χ0n) is 10.9. The zero-order chi connectivity index (χ0) is 15.6. The van der Waals surface area contributed by atoms with Crippen LogP contribution in [0.3, 0.4) is 0 Å². The number of carbonyl (C=O) groups is 1. The maximum absolute atomic E-state index is 12.1. The van der Waals surface area contributed by atoms with Crippen LogP contribution in [0.5, 0.6) is 0 Å². The first-order chi connectivity index (χ1) is 9.79. The molecule has 21 heavy (non-hydrogen) atoms. The number of rotatable bonds is 4. The van der Waals surface area contributed by atoms with Crippen molar-refractivity contribution in [1.29, 1.82) is 0 Å². The molecule has 2 rings (SSSR count). The normalized spacial score (nSPS) is 18.7. The molecule has 3 N–H and O–H groups in total. The van der Waals surface area contributed by atoms with Gasteiger partial charge in [-0.2, -0.15) is 0 Å². The van der Waals surface area contributed by atoms with Crippen molar-refractivity contribution in [3.05, 3.63) is 27.7 Å². The number of carbonyl (C=O) groups excluding carboxylic acids is 1. The number of ether oxygens (including phenoxy) is 1. The molecule has 0 aromatic heterocycles. The molecule has 0 aliphatic carbocycles. The van der Waals surface area contributed by atoms with E-state index in [0.29, 0.717) is 13.2 Å². The Hall–Kier alpha value is -0.860. The minimum absolute atomic E-state index is 0.00286. The summed E-state index contributed by atoms with van der Waals surface area (Å²) in [6.07, 6.45) is 1.80. The third-order valence-electron chi connectivity index (χ3n) is 3.09. The Kier molecular flexibility index (Phi) is 5.11. The summed E-state index contributed by atoms with van der Waals surface area (Å²) in [4.78, 5) is 11.7. The average Bonchev–Trinajstić information content (AvgIpc) is 2.87. The van der Waals surface area contributed by atoms with Crippen LogP contribution in [0.15, 0.2) is 17.0 Å². The van der Waals surface area contributed by atoms with Crippen molar-refractivity contribution < 1.29 is 17.9 Å². The van der Waals surface area contributed by atoms with Gasteiger partial charge in [0.1, 0.15) is 4.90 Å². The monoisotopic (exact) mass is 352 g/mol. The van der Waals surface area contributed by atoms with Gasteiger partial charge < -0.3 is 10.1 Å². The molecule has 116 valence electrons. The van der Waals surface area contributed by atoms with Crippen LogP contribution in [0.1, 0.15) is 23.2 Å². The maximum atomic E-state index is 12.1. The summed E-state index contributed by atoms with van der Waals surface area (Å²) in [6, 6.07) is 2.26. The van der Waals surface area contributed by atoms with E-state index in [1.54, 1.807) is 0 Å². The summed E-state index contributed by atoms with van der Waals surface area (Å²) < 4.78 is 28.2. The fraction of sp³-hybridized carbons (Fsp3) is 0.417. The van der Waals surface area contributed by atoms with Crippen molar-refractivity contribution in [3.8, 4) is 0 Å². The lowest BCUT2D eigenvalue weighted by molar-refractivity contribution is 0.0857. The molecule has 6 nitrogen and oxygen atoms in total. The Morgan fingerprint density at radius 1 is 1.38 bits per heavy atom. The van der Waals surface area contributed by atoms with Gasteiger partial charge in [0.15, 0.2) is 0 Å². The van der Waals surface area contributed by atoms with Gasteiger partial charge in [0.2, 0.25) is 10.0 Å². The highest BCUT2D eigenvalue weighted by Crippen LogP contribution is 2.28. The molecule has 1 aliphatic rings. The molecular weight excluding hydrogens is 339 g/mol. The van der Waals surface area contributed by atoms with Gasteiger partial charge in [-0.25, -0.2) is 13.6 Å². The molecule has 1 fully saturated rings. The third-order valence-corrected chi connectivity index (χ3v) is 4.78. The standard InChI is InChI=1S/C12H14Cl2N2O4S/c13-9-5-10(14)11(21(15,18)19)4-8(9)12(17)16-6-7-2-1-3-20-7/h4-5,7H,1-3,6H2,(H,16,17)(H2,15,18,19). The first kappa shape index (κ1) is 16.5. The first-order valence-corrected chi connectivity index (χ1v) is 8.51. The van der Waals surface area contributed by atoms with Crippen LogP contribution in [0.25, 0.3) is 0 Å². The number of hydrogen-bond donors (Lipinski definition) is 2. The number of hydrogen-bond acceptors (Lipinski definition) is 4. The van der Waals surface area contributed by atoms with E-state index in [1.807, 2.05) is 0 Å². The summed E-state index contributed by atoms with van der Waals surface area (Å²) in [5, 5.41) is 7.62. The highest BCUT2D eigenvalue weighted by Gasteiger charge is 2.21. The van der Waals surface area contributed by atoms with Crippen LogP contribution < -0.4 is 10.5 Å². The van der Waals surface area contributed by atoms with Crippen molar-refractivity contribution >= 4 is 39.1 Å². The zero-order valence-corrected chi connectivity index (χ0v) is 13.3. The molecule has 0 bridgehead atoms. The van der Waals surface area contributed by atoms with Gasteiger partial charge in [0.05, 0.1) is 21.7 Å². The number of nitrogens with one attached hydrogen (secondary N) is 1. The third kappa shape index (κ3) is 4.08. The number of primary sulfonamides is 1. The van der Waals surface area contributed by atoms with Gasteiger partial charge in [-0.15, -0.1) is 0 Å². The highest BCUT2D eigenvalue weighted by atomic mass is 35.5. The number of halogens is 2. The van der Waals surface area contributed by atoms with E-state index in [2.05, 4.69) is 5.32 Å². The molecule has 1 atom stereocenters. The second kappa shape index (κ2) is 6.50. The van der Waals surface area contributed by atoms with E-state index in [4.69, 9.17) is 33.1 Å². The smallest absolute Gasteiger partial charge is 0.252 e. The predicted octanol–water partition coefficient (Wildman–Crippen LogP) is 1.55. The lowest BCUT2D eigenvalue weighted by atomic mass is 10.2. The van der Waals surface area contributed by atoms with E-state index in [9.17, 15) is 13.2 Å². The number of sulfonamides is 1. The molecule has 1 saturated heterocycles. The Morgan fingerprint density at radius 3 is 2.67 bits per heavy atom. The summed E-state index contributed by atoms with van der Waals surface area (Å²) in [5.74, 6) is -0.503. The molecule has 1 aromatic rings. The van der Waals surface area contributed by atoms with E-state index < -0.39 is 15.9 Å². The molecule has 1 aromatic carbocycles. The number of nitrogens with two attached hydrogens (primary N) is 1. The Balaban J connectivity index is 2.20. The lowest BCUT2D eigenvalue weighted by Gasteiger charge is -2.12. The van der Waals surface area contributed by atoms with Gasteiger partial charge in [-0.3, -0.25) is 4.79 Å². The van der Waals surface area contributed by atoms with E-state index in [0.717, 1.165) is 18.9 Å². The molecule has 1 amide bonds. The van der Waals surface area contributed by atoms with Gasteiger partial charge in [-0.05, 0) is 25.0 Å². The van der Waals surface area contributed by atoms with Crippen molar-refractivity contribution in [2.24, 2.45) is 5.14 Å². The Morgan fingerprint density at radius 2 is 2.10 bits per heavy atom. The molecule has 1 aliphatic heterocycles. The molecule has 9 heteroatoms. The fourth-order valence-electron chi connectivity index (χ4n) is 2.03. The first-order valence-electron chi connectivity index (χ1n) is 6.20. The summed E-state index contributed by atoms with van der Waals surface area (Å²) in [7, 11) is -4.03. The van der Waals surface area contributed by atoms with E-state index in [-0.39, 0.29) is 26.6 Å². The molecule has 0 saturated carbocycles. The molecule has 0 spiro atoms. The van der Waals surface area contributed by atoms with Crippen LogP contribution in [-0.2, 0) is 14.8 Å². The van der Waals surface area contributed by atoms with Gasteiger partial charge in [0.25, 0.3) is 5.91 Å². The summed E-state index contributed by atoms with van der Waals surface area (Å²) in [5.41, 5.74) is 0.00286. The molecule has 1 unspecified atom stereocenters. The average molecular weight is 353 g/mol. The maximum Gasteiger partial charge on any atom is 0.252 e. The Bertz CT molecular complexity index is 657. The SMILES string of the molecule is NS(=O)(=O)c1cc(C(=O)NCC2CCCO2)c(Cl)cc1Cl. The second-order valence-electron chi connectivity index (χ2n) is 4.65. The van der Waals surface area contributed by atoms with Crippen LogP contribution in [-0.4, -0.2) is 33.6 Å². The molecular formula is C12H14Cl2N2O4S. The Labute approximate surface area is 132 Å². The fourth-order valence-corrected chi connectivity index (χ4v) is 3.43. The van der Waals surface area contributed by atoms with Crippen LogP contribution >= 0.6 is 23.2 Å². The number of benzene rings is 1. The number of amides is 1. The second-order valence-corrected chi connectivity index (χ2v) is 7.00. The van der Waals surface area contributed by atoms with E-state index in [1.165, 1.54) is 6.07 Å². The van der Waals surface area contributed by atoms with Gasteiger partial charge >= 0.3 is 0 Å². The predicted molar refractivity (Wildman–Crippen MR) is 79.1 cm³/mol. The highest BCUT2D eigenvalue weighted by molar-refractivity contribution is 7.89. The summed E-state index contributed by atoms with van der Waals surface area (Å²) >= 11 is 11.7. The van der Waals surface area contributed by atoms with Crippen LogP contribution in [0.4, 0.5) is 0 Å². The van der Waals surface area contributed by atoms with Crippen LogP contribution in [0.2, 0.25) is 10.0 Å². The van der Waals surface area contributed by atoms with Crippen molar-refractivity contribution in [3.63, 3.8) is 0 Å². The molecule has 1 heterocycles. The van der Waals surface area contributed by atoms with E-state index >= 15 is 0 Å². The van der Waals surface area contributed by atoms with Crippen LogP contribution in [0, 0.1) is 0 Å². The summed E-state index contributed by atoms with van der Waals surface area (Å²) in [6.45, 7) is 1.01. The lowest BCUT2D eigenvalue weighted by Crippen LogP contribution is -2.32. The van der Waals surface area contributed by atoms with Crippen molar-refractivity contribution in [2.75, 3.05) is 13.2 Å². The largest absolute Gasteiger partial charge is 0.376 e. The topological polar surface area (TPSA) is 98.5 Å². The van der Waals surface area contributed by atoms with Gasteiger partial charge in [-0.1, -0.05) is 23.2 Å².